The van der Waals surface area contributed by atoms with Gasteiger partial charge < -0.3 is 5.32 Å². The molecular weight excluding hydrogens is 237 g/mol. The van der Waals surface area contributed by atoms with Crippen molar-refractivity contribution in [2.45, 2.75) is 58.4 Å². The predicted molar refractivity (Wildman–Crippen MR) is 79.0 cm³/mol. The summed E-state index contributed by atoms with van der Waals surface area (Å²) < 4.78 is 13.2. The van der Waals surface area contributed by atoms with Gasteiger partial charge >= 0.3 is 0 Å². The summed E-state index contributed by atoms with van der Waals surface area (Å²) >= 11 is 0. The number of hydrogen-bond acceptors (Lipinski definition) is 1. The molecular formula is C17H26FN. The van der Waals surface area contributed by atoms with Crippen LogP contribution in [0.3, 0.4) is 0 Å². The van der Waals surface area contributed by atoms with Gasteiger partial charge in [0, 0.05) is 5.54 Å². The van der Waals surface area contributed by atoms with Crippen LogP contribution in [-0.2, 0) is 0 Å². The van der Waals surface area contributed by atoms with Gasteiger partial charge in [-0.3, -0.25) is 0 Å². The fourth-order valence-electron chi connectivity index (χ4n) is 3.18. The van der Waals surface area contributed by atoms with Crippen molar-refractivity contribution >= 4 is 0 Å². The molecule has 0 aromatic heterocycles. The topological polar surface area (TPSA) is 12.0 Å². The zero-order valence-corrected chi connectivity index (χ0v) is 12.6. The molecule has 19 heavy (non-hydrogen) atoms. The first-order valence-corrected chi connectivity index (χ1v) is 7.38. The zero-order valence-electron chi connectivity index (χ0n) is 12.6. The van der Waals surface area contributed by atoms with Crippen molar-refractivity contribution in [2.75, 3.05) is 6.54 Å². The van der Waals surface area contributed by atoms with Crippen LogP contribution in [0.15, 0.2) is 18.2 Å². The first-order valence-electron chi connectivity index (χ1n) is 7.38. The minimum atomic E-state index is -0.122. The van der Waals surface area contributed by atoms with Gasteiger partial charge in [0.05, 0.1) is 0 Å². The summed E-state index contributed by atoms with van der Waals surface area (Å²) in [6.45, 7) is 9.72. The third-order valence-corrected chi connectivity index (χ3v) is 4.18. The van der Waals surface area contributed by atoms with Crippen LogP contribution in [-0.4, -0.2) is 12.1 Å². The Bertz CT molecular complexity index is 433. The Kier molecular flexibility index (Phi) is 4.29. The Labute approximate surface area is 116 Å². The summed E-state index contributed by atoms with van der Waals surface area (Å²) in [5, 5.41) is 3.62. The number of rotatable bonds is 3. The normalized spacial score (nSPS) is 23.8. The van der Waals surface area contributed by atoms with E-state index < -0.39 is 0 Å². The van der Waals surface area contributed by atoms with Crippen molar-refractivity contribution in [1.82, 2.24) is 5.32 Å². The van der Waals surface area contributed by atoms with E-state index in [1.54, 1.807) is 12.1 Å². The van der Waals surface area contributed by atoms with Gasteiger partial charge in [0.2, 0.25) is 0 Å². The van der Waals surface area contributed by atoms with Crippen LogP contribution >= 0.6 is 0 Å². The van der Waals surface area contributed by atoms with E-state index in [9.17, 15) is 4.39 Å². The second-order valence-electron chi connectivity index (χ2n) is 6.93. The van der Waals surface area contributed by atoms with Gasteiger partial charge in [0.1, 0.15) is 5.82 Å². The third kappa shape index (κ3) is 3.79. The van der Waals surface area contributed by atoms with E-state index in [4.69, 9.17) is 0 Å². The zero-order chi connectivity index (χ0) is 14.0. The van der Waals surface area contributed by atoms with Crippen LogP contribution in [0.1, 0.15) is 57.1 Å². The minimum Gasteiger partial charge on any atom is -0.312 e. The first-order chi connectivity index (χ1) is 8.87. The highest BCUT2D eigenvalue weighted by Gasteiger charge is 2.30. The van der Waals surface area contributed by atoms with E-state index >= 15 is 0 Å². The summed E-state index contributed by atoms with van der Waals surface area (Å²) in [7, 11) is 0. The molecule has 1 saturated carbocycles. The van der Waals surface area contributed by atoms with Gasteiger partial charge in [-0.05, 0) is 82.2 Å². The average molecular weight is 263 g/mol. The molecule has 1 N–H and O–H groups in total. The molecule has 1 aliphatic rings. The SMILES string of the molecule is Cc1cc(F)ccc1C1CCCC1CNC(C)(C)C. The van der Waals surface area contributed by atoms with Gasteiger partial charge in [-0.15, -0.1) is 0 Å². The van der Waals surface area contributed by atoms with E-state index in [1.807, 2.05) is 13.0 Å². The smallest absolute Gasteiger partial charge is 0.123 e. The highest BCUT2D eigenvalue weighted by molar-refractivity contribution is 5.31. The molecule has 0 radical (unpaired) electrons. The highest BCUT2D eigenvalue weighted by atomic mass is 19.1. The number of halogens is 1. The number of aryl methyl sites for hydroxylation is 1. The number of benzene rings is 1. The van der Waals surface area contributed by atoms with Crippen molar-refractivity contribution in [3.8, 4) is 0 Å². The minimum absolute atomic E-state index is 0.122. The van der Waals surface area contributed by atoms with Crippen molar-refractivity contribution in [2.24, 2.45) is 5.92 Å². The van der Waals surface area contributed by atoms with Crippen molar-refractivity contribution in [1.29, 1.82) is 0 Å². The fourth-order valence-corrected chi connectivity index (χ4v) is 3.18. The molecule has 1 aromatic carbocycles. The first kappa shape index (κ1) is 14.5. The number of hydrogen-bond donors (Lipinski definition) is 1. The van der Waals surface area contributed by atoms with E-state index in [1.165, 1.54) is 24.8 Å². The number of nitrogens with one attached hydrogen (secondary N) is 1. The Morgan fingerprint density at radius 2 is 2.00 bits per heavy atom. The van der Waals surface area contributed by atoms with Crippen LogP contribution in [0.2, 0.25) is 0 Å². The molecule has 0 heterocycles. The van der Waals surface area contributed by atoms with Crippen LogP contribution in [0.4, 0.5) is 4.39 Å². The summed E-state index contributed by atoms with van der Waals surface area (Å²) in [5.74, 6) is 1.16. The molecule has 0 aliphatic heterocycles. The highest BCUT2D eigenvalue weighted by Crippen LogP contribution is 2.40. The van der Waals surface area contributed by atoms with Gasteiger partial charge in [-0.25, -0.2) is 4.39 Å². The quantitative estimate of drug-likeness (QED) is 0.852. The molecule has 0 spiro atoms. The maximum atomic E-state index is 13.2. The summed E-state index contributed by atoms with van der Waals surface area (Å²) in [6, 6.07) is 5.27. The van der Waals surface area contributed by atoms with E-state index in [0.717, 1.165) is 12.1 Å². The molecule has 2 rings (SSSR count). The van der Waals surface area contributed by atoms with E-state index in [2.05, 4.69) is 26.1 Å². The second kappa shape index (κ2) is 5.62. The lowest BCUT2D eigenvalue weighted by Gasteiger charge is -2.27. The van der Waals surface area contributed by atoms with Crippen LogP contribution in [0.5, 0.6) is 0 Å². The van der Waals surface area contributed by atoms with Gasteiger partial charge in [-0.1, -0.05) is 12.5 Å². The Morgan fingerprint density at radius 1 is 1.26 bits per heavy atom. The molecule has 0 amide bonds. The van der Waals surface area contributed by atoms with Crippen molar-refractivity contribution < 1.29 is 4.39 Å². The third-order valence-electron chi connectivity index (χ3n) is 4.18. The molecule has 2 heteroatoms. The summed E-state index contributed by atoms with van der Waals surface area (Å²) in [6.07, 6.45) is 3.81. The molecule has 0 bridgehead atoms. The Balaban J connectivity index is 2.10. The molecule has 1 nitrogen and oxygen atoms in total. The van der Waals surface area contributed by atoms with Crippen LogP contribution < -0.4 is 5.32 Å². The standard InChI is InChI=1S/C17H26FN/c1-12-10-14(18)8-9-15(12)16-7-5-6-13(16)11-19-17(2,3)4/h8-10,13,16,19H,5-7,11H2,1-4H3. The summed E-state index contributed by atoms with van der Waals surface area (Å²) in [4.78, 5) is 0. The lowest BCUT2D eigenvalue weighted by molar-refractivity contribution is 0.356. The summed E-state index contributed by atoms with van der Waals surface area (Å²) in [5.41, 5.74) is 2.62. The predicted octanol–water partition coefficient (Wildman–Crippen LogP) is 4.41. The van der Waals surface area contributed by atoms with E-state index in [-0.39, 0.29) is 11.4 Å². The lowest BCUT2D eigenvalue weighted by Crippen LogP contribution is -2.39. The Hall–Kier alpha value is -0.890. The molecule has 0 saturated heterocycles. The van der Waals surface area contributed by atoms with Gasteiger partial charge in [0.25, 0.3) is 0 Å². The van der Waals surface area contributed by atoms with Crippen LogP contribution in [0, 0.1) is 18.7 Å². The lowest BCUT2D eigenvalue weighted by atomic mass is 9.86. The monoisotopic (exact) mass is 263 g/mol. The maximum Gasteiger partial charge on any atom is 0.123 e. The van der Waals surface area contributed by atoms with Crippen molar-refractivity contribution in [3.05, 3.63) is 35.1 Å². The van der Waals surface area contributed by atoms with E-state index in [0.29, 0.717) is 11.8 Å². The Morgan fingerprint density at radius 3 is 2.63 bits per heavy atom. The molecule has 106 valence electrons. The average Bonchev–Trinajstić information content (AvgIpc) is 2.73. The molecule has 1 fully saturated rings. The van der Waals surface area contributed by atoms with Gasteiger partial charge in [-0.2, -0.15) is 0 Å². The fraction of sp³-hybridized carbons (Fsp3) is 0.647. The largest absolute Gasteiger partial charge is 0.312 e. The molecule has 2 atom stereocenters. The second-order valence-corrected chi connectivity index (χ2v) is 6.93. The van der Waals surface area contributed by atoms with Gasteiger partial charge in [0.15, 0.2) is 0 Å². The maximum absolute atomic E-state index is 13.2. The molecule has 1 aromatic rings. The molecule has 2 unspecified atom stereocenters. The molecule has 1 aliphatic carbocycles. The van der Waals surface area contributed by atoms with Crippen molar-refractivity contribution in [3.63, 3.8) is 0 Å². The van der Waals surface area contributed by atoms with Crippen LogP contribution in [0.25, 0.3) is 0 Å².